The number of hydrogen-bond acceptors (Lipinski definition) is 5. The monoisotopic (exact) mass is 311 g/mol. The van der Waals surface area contributed by atoms with Gasteiger partial charge in [-0.3, -0.25) is 0 Å². The summed E-state index contributed by atoms with van der Waals surface area (Å²) in [7, 11) is -2.94. The van der Waals surface area contributed by atoms with Gasteiger partial charge in [-0.05, 0) is 24.3 Å². The number of nitrogens with zero attached hydrogens (tertiary/aromatic N) is 2. The van der Waals surface area contributed by atoms with E-state index in [0.717, 1.165) is 22.6 Å². The maximum absolute atomic E-state index is 11.6. The zero-order valence-electron chi connectivity index (χ0n) is 11.2. The van der Waals surface area contributed by atoms with Gasteiger partial charge < -0.3 is 5.73 Å². The minimum atomic E-state index is -2.94. The van der Waals surface area contributed by atoms with Crippen LogP contribution in [0.25, 0.3) is 10.6 Å². The summed E-state index contributed by atoms with van der Waals surface area (Å²) in [5.74, 6) is 0.983. The van der Waals surface area contributed by atoms with Gasteiger partial charge in [-0.25, -0.2) is 13.1 Å². The molecular weight excluding hydrogens is 294 g/mol. The summed E-state index contributed by atoms with van der Waals surface area (Å²) in [4.78, 5) is 1.08. The summed E-state index contributed by atoms with van der Waals surface area (Å²) < 4.78 is 25.0. The number of anilines is 1. The summed E-state index contributed by atoms with van der Waals surface area (Å²) in [6.07, 6.45) is 1.39. The zero-order chi connectivity index (χ0) is 14.3. The lowest BCUT2D eigenvalue weighted by Crippen LogP contribution is -2.15. The molecule has 0 spiro atoms. The van der Waals surface area contributed by atoms with Crippen molar-refractivity contribution in [1.82, 2.24) is 9.78 Å². The van der Waals surface area contributed by atoms with Gasteiger partial charge in [-0.15, -0.1) is 11.3 Å². The van der Waals surface area contributed by atoms with E-state index in [1.54, 1.807) is 16.0 Å². The van der Waals surface area contributed by atoms with Gasteiger partial charge in [-0.2, -0.15) is 5.10 Å². The summed E-state index contributed by atoms with van der Waals surface area (Å²) in [6.45, 7) is 2.04. The van der Waals surface area contributed by atoms with Crippen molar-refractivity contribution >= 4 is 27.0 Å². The van der Waals surface area contributed by atoms with Crippen LogP contribution in [0.1, 0.15) is 24.9 Å². The Bertz CT molecular complexity index is 717. The third-order valence-corrected chi connectivity index (χ3v) is 6.34. The number of sulfone groups is 1. The normalized spacial score (nSPS) is 21.4. The van der Waals surface area contributed by atoms with Crippen molar-refractivity contribution in [2.24, 2.45) is 0 Å². The molecule has 3 heterocycles. The fraction of sp³-hybridized carbons (Fsp3) is 0.462. The van der Waals surface area contributed by atoms with Crippen LogP contribution in [0.3, 0.4) is 0 Å². The van der Waals surface area contributed by atoms with Crippen molar-refractivity contribution in [3.05, 3.63) is 23.1 Å². The van der Waals surface area contributed by atoms with Crippen LogP contribution in [0, 0.1) is 0 Å². The van der Waals surface area contributed by atoms with E-state index in [4.69, 9.17) is 5.73 Å². The smallest absolute Gasteiger partial charge is 0.152 e. The molecule has 2 aromatic rings. The Morgan fingerprint density at radius 2 is 2.35 bits per heavy atom. The summed E-state index contributed by atoms with van der Waals surface area (Å²) in [5.41, 5.74) is 8.10. The zero-order valence-corrected chi connectivity index (χ0v) is 12.9. The fourth-order valence-corrected chi connectivity index (χ4v) is 5.12. The predicted molar refractivity (Wildman–Crippen MR) is 81.6 cm³/mol. The van der Waals surface area contributed by atoms with Gasteiger partial charge in [0.15, 0.2) is 9.84 Å². The maximum Gasteiger partial charge on any atom is 0.152 e. The molecule has 1 atom stereocenters. The SMILES string of the molecule is CCc1c(-c2cccs2)nn(C2CCS(=O)(=O)C2)c1N. The minimum Gasteiger partial charge on any atom is -0.384 e. The molecule has 0 radical (unpaired) electrons. The molecule has 1 fully saturated rings. The molecule has 2 aromatic heterocycles. The summed E-state index contributed by atoms with van der Waals surface area (Å²) in [6, 6.07) is 3.87. The van der Waals surface area contributed by atoms with Gasteiger partial charge in [0.25, 0.3) is 0 Å². The first-order chi connectivity index (χ1) is 9.52. The van der Waals surface area contributed by atoms with Crippen LogP contribution >= 0.6 is 11.3 Å². The van der Waals surface area contributed by atoms with Crippen LogP contribution in [0.15, 0.2) is 17.5 Å². The fourth-order valence-electron chi connectivity index (χ4n) is 2.69. The highest BCUT2D eigenvalue weighted by Crippen LogP contribution is 2.34. The Balaban J connectivity index is 2.05. The van der Waals surface area contributed by atoms with Gasteiger partial charge in [-0.1, -0.05) is 13.0 Å². The van der Waals surface area contributed by atoms with Gasteiger partial charge in [0.1, 0.15) is 11.5 Å². The van der Waals surface area contributed by atoms with E-state index < -0.39 is 9.84 Å². The molecule has 20 heavy (non-hydrogen) atoms. The van der Waals surface area contributed by atoms with Gasteiger partial charge >= 0.3 is 0 Å². The van der Waals surface area contributed by atoms with Crippen molar-refractivity contribution < 1.29 is 8.42 Å². The van der Waals surface area contributed by atoms with Crippen molar-refractivity contribution in [2.75, 3.05) is 17.2 Å². The molecule has 0 aromatic carbocycles. The molecule has 5 nitrogen and oxygen atoms in total. The van der Waals surface area contributed by atoms with E-state index in [9.17, 15) is 8.42 Å². The molecule has 7 heteroatoms. The van der Waals surface area contributed by atoms with E-state index in [1.165, 1.54) is 0 Å². The number of nitrogens with two attached hydrogens (primary N) is 1. The Morgan fingerprint density at radius 3 is 2.90 bits per heavy atom. The summed E-state index contributed by atoms with van der Waals surface area (Å²) in [5, 5.41) is 6.61. The molecule has 0 saturated carbocycles. The maximum atomic E-state index is 11.6. The van der Waals surface area contributed by atoms with Crippen LogP contribution in [0.4, 0.5) is 5.82 Å². The first kappa shape index (κ1) is 13.6. The molecule has 3 rings (SSSR count). The molecule has 0 bridgehead atoms. The molecule has 1 unspecified atom stereocenters. The van der Waals surface area contributed by atoms with Crippen LogP contribution in [0.2, 0.25) is 0 Å². The van der Waals surface area contributed by atoms with E-state index in [1.807, 2.05) is 24.4 Å². The standard InChI is InChI=1S/C13H17N3O2S2/c1-2-10-12(11-4-3-6-19-11)15-16(13(10)14)9-5-7-20(17,18)8-9/h3-4,6,9H,2,5,7-8,14H2,1H3. The molecule has 0 aliphatic carbocycles. The number of rotatable bonds is 3. The topological polar surface area (TPSA) is 78.0 Å². The minimum absolute atomic E-state index is 0.126. The number of thiophene rings is 1. The average molecular weight is 311 g/mol. The van der Waals surface area contributed by atoms with Crippen LogP contribution < -0.4 is 5.73 Å². The van der Waals surface area contributed by atoms with E-state index in [2.05, 4.69) is 5.10 Å². The highest BCUT2D eigenvalue weighted by atomic mass is 32.2. The van der Waals surface area contributed by atoms with E-state index >= 15 is 0 Å². The number of hydrogen-bond donors (Lipinski definition) is 1. The molecule has 2 N–H and O–H groups in total. The lowest BCUT2D eigenvalue weighted by Gasteiger charge is -2.10. The van der Waals surface area contributed by atoms with Gasteiger partial charge in [0.05, 0.1) is 22.4 Å². The molecule has 108 valence electrons. The van der Waals surface area contributed by atoms with Crippen LogP contribution in [-0.4, -0.2) is 29.7 Å². The molecule has 1 saturated heterocycles. The van der Waals surface area contributed by atoms with E-state index in [0.29, 0.717) is 12.2 Å². The van der Waals surface area contributed by atoms with Crippen LogP contribution in [0.5, 0.6) is 0 Å². The first-order valence-corrected chi connectivity index (χ1v) is 9.33. The van der Waals surface area contributed by atoms with Crippen molar-refractivity contribution in [1.29, 1.82) is 0 Å². The van der Waals surface area contributed by atoms with E-state index in [-0.39, 0.29) is 17.5 Å². The molecule has 0 amide bonds. The van der Waals surface area contributed by atoms with Crippen molar-refractivity contribution in [3.63, 3.8) is 0 Å². The highest BCUT2D eigenvalue weighted by molar-refractivity contribution is 7.91. The Hall–Kier alpha value is -1.34. The Morgan fingerprint density at radius 1 is 1.55 bits per heavy atom. The largest absolute Gasteiger partial charge is 0.384 e. The van der Waals surface area contributed by atoms with Crippen molar-refractivity contribution in [2.45, 2.75) is 25.8 Å². The van der Waals surface area contributed by atoms with Gasteiger partial charge in [0.2, 0.25) is 0 Å². The first-order valence-electron chi connectivity index (χ1n) is 6.63. The number of aromatic nitrogens is 2. The Kier molecular flexibility index (Phi) is 3.33. The highest BCUT2D eigenvalue weighted by Gasteiger charge is 2.32. The van der Waals surface area contributed by atoms with Crippen LogP contribution in [-0.2, 0) is 16.3 Å². The second kappa shape index (κ2) is 4.89. The second-order valence-corrected chi connectivity index (χ2v) is 8.22. The number of nitrogen functional groups attached to an aromatic ring is 1. The summed E-state index contributed by atoms with van der Waals surface area (Å²) >= 11 is 1.62. The molecule has 1 aliphatic rings. The van der Waals surface area contributed by atoms with Gasteiger partial charge in [0, 0.05) is 5.56 Å². The third kappa shape index (κ3) is 2.25. The second-order valence-electron chi connectivity index (χ2n) is 5.04. The third-order valence-electron chi connectivity index (χ3n) is 3.71. The molecular formula is C13H17N3O2S2. The molecule has 1 aliphatic heterocycles. The predicted octanol–water partition coefficient (Wildman–Crippen LogP) is 2.12. The lowest BCUT2D eigenvalue weighted by molar-refractivity contribution is 0.508. The lowest BCUT2D eigenvalue weighted by atomic mass is 10.1. The average Bonchev–Trinajstić information content (AvgIpc) is 3.08. The quantitative estimate of drug-likeness (QED) is 0.941. The Labute approximate surface area is 122 Å². The van der Waals surface area contributed by atoms with Crippen molar-refractivity contribution in [3.8, 4) is 10.6 Å².